The van der Waals surface area contributed by atoms with Crippen molar-refractivity contribution >= 4 is 31.9 Å². The standard InChI is InChI=1S/C22H26Br2O4/c1-3-25-15-27-21-17(11-7-13-19(21)23)9-5-6-10-18-12-8-14-20(24)22(18)28-16-26-4-2/h5-8,11-14H,3-4,9-10,15-16H2,1-2H3/b6-5+. The van der Waals surface area contributed by atoms with E-state index < -0.39 is 0 Å². The van der Waals surface area contributed by atoms with Crippen LogP contribution in [0.3, 0.4) is 0 Å². The molecule has 0 saturated carbocycles. The van der Waals surface area contributed by atoms with Crippen LogP contribution in [0.5, 0.6) is 11.5 Å². The second kappa shape index (κ2) is 13.0. The van der Waals surface area contributed by atoms with Gasteiger partial charge in [0.25, 0.3) is 0 Å². The molecule has 4 nitrogen and oxygen atoms in total. The first-order valence-corrected chi connectivity index (χ1v) is 10.9. The number of benzene rings is 2. The van der Waals surface area contributed by atoms with Crippen LogP contribution in [0.25, 0.3) is 0 Å². The van der Waals surface area contributed by atoms with E-state index in [2.05, 4.69) is 56.1 Å². The minimum Gasteiger partial charge on any atom is -0.466 e. The largest absolute Gasteiger partial charge is 0.466 e. The molecule has 0 fully saturated rings. The first-order chi connectivity index (χ1) is 13.7. The summed E-state index contributed by atoms with van der Waals surface area (Å²) in [5.41, 5.74) is 2.21. The highest BCUT2D eigenvalue weighted by Crippen LogP contribution is 2.31. The number of hydrogen-bond acceptors (Lipinski definition) is 4. The molecule has 2 aromatic rings. The fraction of sp³-hybridized carbons (Fsp3) is 0.364. The SMILES string of the molecule is CCOCOc1c(Br)cccc1C/C=C/Cc1cccc(Br)c1OCOCC. The molecule has 2 rings (SSSR count). The maximum atomic E-state index is 5.77. The molecule has 0 spiro atoms. The number of hydrogen-bond donors (Lipinski definition) is 0. The van der Waals surface area contributed by atoms with Crippen LogP contribution in [-0.2, 0) is 22.3 Å². The van der Waals surface area contributed by atoms with Crippen molar-refractivity contribution in [3.8, 4) is 11.5 Å². The van der Waals surface area contributed by atoms with Crippen LogP contribution >= 0.6 is 31.9 Å². The van der Waals surface area contributed by atoms with Crippen LogP contribution in [0.2, 0.25) is 0 Å². The maximum Gasteiger partial charge on any atom is 0.189 e. The van der Waals surface area contributed by atoms with Crippen LogP contribution in [-0.4, -0.2) is 26.8 Å². The third-order valence-electron chi connectivity index (χ3n) is 3.92. The quantitative estimate of drug-likeness (QED) is 0.189. The van der Waals surface area contributed by atoms with Gasteiger partial charge < -0.3 is 18.9 Å². The van der Waals surface area contributed by atoms with Crippen molar-refractivity contribution in [2.24, 2.45) is 0 Å². The van der Waals surface area contributed by atoms with E-state index in [1.807, 2.05) is 38.1 Å². The summed E-state index contributed by atoms with van der Waals surface area (Å²) in [5, 5.41) is 0. The molecule has 152 valence electrons. The lowest BCUT2D eigenvalue weighted by molar-refractivity contribution is 0.0212. The van der Waals surface area contributed by atoms with Crippen LogP contribution < -0.4 is 9.47 Å². The zero-order valence-corrected chi connectivity index (χ0v) is 19.4. The van der Waals surface area contributed by atoms with Crippen molar-refractivity contribution < 1.29 is 18.9 Å². The van der Waals surface area contributed by atoms with Gasteiger partial charge in [0.1, 0.15) is 11.5 Å². The lowest BCUT2D eigenvalue weighted by atomic mass is 10.1. The van der Waals surface area contributed by atoms with E-state index in [0.29, 0.717) is 13.2 Å². The average Bonchev–Trinajstić information content (AvgIpc) is 2.69. The molecule has 28 heavy (non-hydrogen) atoms. The minimum atomic E-state index is 0.244. The second-order valence-electron chi connectivity index (χ2n) is 5.85. The Morgan fingerprint density at radius 3 is 1.54 bits per heavy atom. The van der Waals surface area contributed by atoms with Crippen LogP contribution in [0, 0.1) is 0 Å². The highest BCUT2D eigenvalue weighted by molar-refractivity contribution is 9.10. The van der Waals surface area contributed by atoms with Gasteiger partial charge in [0.15, 0.2) is 13.6 Å². The van der Waals surface area contributed by atoms with Gasteiger partial charge in [-0.3, -0.25) is 0 Å². The lowest BCUT2D eigenvalue weighted by Gasteiger charge is -2.13. The maximum absolute atomic E-state index is 5.77. The number of allylic oxidation sites excluding steroid dienone is 2. The van der Waals surface area contributed by atoms with Crippen LogP contribution in [0.15, 0.2) is 57.5 Å². The topological polar surface area (TPSA) is 36.9 Å². The van der Waals surface area contributed by atoms with E-state index in [9.17, 15) is 0 Å². The Labute approximate surface area is 184 Å². The van der Waals surface area contributed by atoms with Gasteiger partial charge in [-0.25, -0.2) is 0 Å². The Hall–Kier alpha value is -1.34. The molecule has 0 heterocycles. The van der Waals surface area contributed by atoms with Gasteiger partial charge >= 0.3 is 0 Å². The van der Waals surface area contributed by atoms with Gasteiger partial charge in [0.2, 0.25) is 0 Å². The van der Waals surface area contributed by atoms with Gasteiger partial charge in [0, 0.05) is 13.2 Å². The van der Waals surface area contributed by atoms with Crippen molar-refractivity contribution in [3.63, 3.8) is 0 Å². The summed E-state index contributed by atoms with van der Waals surface area (Å²) in [5.74, 6) is 1.65. The Kier molecular flexibility index (Phi) is 10.6. The molecular weight excluding hydrogens is 488 g/mol. The number of para-hydroxylation sites is 2. The van der Waals surface area contributed by atoms with Crippen molar-refractivity contribution in [1.29, 1.82) is 0 Å². The fourth-order valence-electron chi connectivity index (χ4n) is 2.54. The van der Waals surface area contributed by atoms with E-state index >= 15 is 0 Å². The fourth-order valence-corrected chi connectivity index (χ4v) is 3.58. The summed E-state index contributed by atoms with van der Waals surface area (Å²) < 4.78 is 24.0. The summed E-state index contributed by atoms with van der Waals surface area (Å²) in [7, 11) is 0. The number of halogens is 2. The smallest absolute Gasteiger partial charge is 0.189 e. The molecule has 0 radical (unpaired) electrons. The molecule has 6 heteroatoms. The molecule has 0 N–H and O–H groups in total. The van der Waals surface area contributed by atoms with Crippen molar-refractivity contribution in [1.82, 2.24) is 0 Å². The lowest BCUT2D eigenvalue weighted by Crippen LogP contribution is -2.05. The van der Waals surface area contributed by atoms with E-state index in [4.69, 9.17) is 18.9 Å². The Morgan fingerprint density at radius 1 is 0.714 bits per heavy atom. The zero-order valence-electron chi connectivity index (χ0n) is 16.3. The molecule has 0 aliphatic carbocycles. The van der Waals surface area contributed by atoms with E-state index in [1.165, 1.54) is 0 Å². The second-order valence-corrected chi connectivity index (χ2v) is 7.55. The van der Waals surface area contributed by atoms with Gasteiger partial charge in [-0.05, 0) is 81.8 Å². The summed E-state index contributed by atoms with van der Waals surface area (Å²) >= 11 is 7.11. The number of ether oxygens (including phenoxy) is 4. The van der Waals surface area contributed by atoms with Gasteiger partial charge in [-0.1, -0.05) is 36.4 Å². The highest BCUT2D eigenvalue weighted by Gasteiger charge is 2.08. The summed E-state index contributed by atoms with van der Waals surface area (Å²) in [6, 6.07) is 12.1. The molecule has 0 amide bonds. The van der Waals surface area contributed by atoms with E-state index in [1.54, 1.807) is 0 Å². The first kappa shape index (κ1) is 22.9. The molecule has 2 aromatic carbocycles. The molecule has 0 aromatic heterocycles. The molecule has 0 aliphatic heterocycles. The van der Waals surface area contributed by atoms with Crippen molar-refractivity contribution in [3.05, 3.63) is 68.6 Å². The van der Waals surface area contributed by atoms with E-state index in [0.717, 1.165) is 44.4 Å². The minimum absolute atomic E-state index is 0.244. The summed E-state index contributed by atoms with van der Waals surface area (Å²) in [6.07, 6.45) is 5.82. The number of rotatable bonds is 12. The molecular formula is C22H26Br2O4. The predicted octanol–water partition coefficient (Wildman–Crippen LogP) is 6.30. The zero-order chi connectivity index (χ0) is 20.2. The third kappa shape index (κ3) is 7.24. The van der Waals surface area contributed by atoms with E-state index in [-0.39, 0.29) is 13.6 Å². The Balaban J connectivity index is 2.01. The van der Waals surface area contributed by atoms with Gasteiger partial charge in [-0.15, -0.1) is 0 Å². The molecule has 0 atom stereocenters. The summed E-state index contributed by atoms with van der Waals surface area (Å²) in [4.78, 5) is 0. The van der Waals surface area contributed by atoms with Gasteiger partial charge in [0.05, 0.1) is 8.95 Å². The summed E-state index contributed by atoms with van der Waals surface area (Å²) in [6.45, 7) is 5.63. The molecule has 0 aliphatic rings. The Morgan fingerprint density at radius 2 is 1.14 bits per heavy atom. The predicted molar refractivity (Wildman–Crippen MR) is 119 cm³/mol. The molecule has 0 bridgehead atoms. The molecule has 0 unspecified atom stereocenters. The van der Waals surface area contributed by atoms with Gasteiger partial charge in [-0.2, -0.15) is 0 Å². The third-order valence-corrected chi connectivity index (χ3v) is 5.17. The normalized spacial score (nSPS) is 11.1. The first-order valence-electron chi connectivity index (χ1n) is 9.28. The molecule has 0 saturated heterocycles. The van der Waals surface area contributed by atoms with Crippen LogP contribution in [0.1, 0.15) is 25.0 Å². The monoisotopic (exact) mass is 512 g/mol. The average molecular weight is 514 g/mol. The van der Waals surface area contributed by atoms with Crippen molar-refractivity contribution in [2.75, 3.05) is 26.8 Å². The van der Waals surface area contributed by atoms with Crippen molar-refractivity contribution in [2.45, 2.75) is 26.7 Å². The highest BCUT2D eigenvalue weighted by atomic mass is 79.9. The van der Waals surface area contributed by atoms with Crippen LogP contribution in [0.4, 0.5) is 0 Å². The Bertz CT molecular complexity index is 699.